The van der Waals surface area contributed by atoms with Crippen LogP contribution in [-0.2, 0) is 4.79 Å². The SMILES string of the molecule is O=C(CSc1nnc(-c2cccnc2)n1-c1ccc(Br)cc1)NN=Cc1ccc(Cl)cc1Cl. The highest BCUT2D eigenvalue weighted by molar-refractivity contribution is 9.10. The van der Waals surface area contributed by atoms with Crippen molar-refractivity contribution >= 4 is 63.0 Å². The van der Waals surface area contributed by atoms with Crippen molar-refractivity contribution in [1.29, 1.82) is 0 Å². The Morgan fingerprint density at radius 2 is 1.97 bits per heavy atom. The van der Waals surface area contributed by atoms with Crippen molar-refractivity contribution in [3.05, 3.63) is 87.1 Å². The van der Waals surface area contributed by atoms with Crippen molar-refractivity contribution < 1.29 is 4.79 Å². The molecule has 7 nitrogen and oxygen atoms in total. The van der Waals surface area contributed by atoms with Crippen molar-refractivity contribution in [1.82, 2.24) is 25.2 Å². The number of rotatable bonds is 7. The molecule has 4 aromatic rings. The molecule has 0 fully saturated rings. The summed E-state index contributed by atoms with van der Waals surface area (Å²) in [7, 11) is 0. The Balaban J connectivity index is 1.49. The molecule has 2 aromatic carbocycles. The minimum atomic E-state index is -0.297. The van der Waals surface area contributed by atoms with Gasteiger partial charge in [-0.05, 0) is 48.5 Å². The average Bonchev–Trinajstić information content (AvgIpc) is 3.24. The van der Waals surface area contributed by atoms with E-state index in [2.05, 4.69) is 41.6 Å². The molecule has 1 N–H and O–H groups in total. The number of amides is 1. The molecule has 2 aromatic heterocycles. The molecule has 0 spiro atoms. The van der Waals surface area contributed by atoms with Crippen LogP contribution in [0.15, 0.2) is 81.7 Å². The van der Waals surface area contributed by atoms with Crippen molar-refractivity contribution in [2.75, 3.05) is 5.75 Å². The van der Waals surface area contributed by atoms with Crippen molar-refractivity contribution in [3.63, 3.8) is 0 Å². The first-order valence-electron chi connectivity index (χ1n) is 9.53. The number of hydrogen-bond acceptors (Lipinski definition) is 6. The summed E-state index contributed by atoms with van der Waals surface area (Å²) in [5.41, 5.74) is 4.81. The van der Waals surface area contributed by atoms with E-state index in [0.29, 0.717) is 26.6 Å². The van der Waals surface area contributed by atoms with Crippen LogP contribution in [0.4, 0.5) is 0 Å². The molecule has 1 amide bonds. The van der Waals surface area contributed by atoms with Crippen molar-refractivity contribution in [2.24, 2.45) is 5.10 Å². The first kappa shape index (κ1) is 23.4. The molecule has 0 radical (unpaired) electrons. The minimum Gasteiger partial charge on any atom is -0.272 e. The third-order valence-electron chi connectivity index (χ3n) is 4.33. The molecule has 2 heterocycles. The van der Waals surface area contributed by atoms with E-state index < -0.39 is 0 Å². The van der Waals surface area contributed by atoms with E-state index in [0.717, 1.165) is 15.7 Å². The zero-order valence-electron chi connectivity index (χ0n) is 16.8. The standard InChI is InChI=1S/C22H15BrCl2N6OS/c23-16-4-7-18(8-5-16)31-21(15-2-1-9-26-11-15)29-30-22(31)33-13-20(32)28-27-12-14-3-6-17(24)10-19(14)25/h1-12H,13H2,(H,28,32). The minimum absolute atomic E-state index is 0.0907. The summed E-state index contributed by atoms with van der Waals surface area (Å²) in [6, 6.07) is 16.5. The summed E-state index contributed by atoms with van der Waals surface area (Å²) in [5, 5.41) is 14.1. The lowest BCUT2D eigenvalue weighted by Crippen LogP contribution is -2.20. The summed E-state index contributed by atoms with van der Waals surface area (Å²) in [6.07, 6.45) is 4.88. The number of hydrogen-bond donors (Lipinski definition) is 1. The van der Waals surface area contributed by atoms with Crippen LogP contribution in [0, 0.1) is 0 Å². The number of thioether (sulfide) groups is 1. The van der Waals surface area contributed by atoms with Crippen LogP contribution in [0.2, 0.25) is 10.0 Å². The number of hydrazone groups is 1. The molecule has 0 atom stereocenters. The zero-order valence-corrected chi connectivity index (χ0v) is 20.7. The lowest BCUT2D eigenvalue weighted by Gasteiger charge is -2.10. The molecule has 0 unspecified atom stereocenters. The molecule has 166 valence electrons. The van der Waals surface area contributed by atoms with Gasteiger partial charge in [0.25, 0.3) is 5.91 Å². The largest absolute Gasteiger partial charge is 0.272 e. The monoisotopic (exact) mass is 560 g/mol. The Morgan fingerprint density at radius 1 is 1.15 bits per heavy atom. The van der Waals surface area contributed by atoms with E-state index in [1.165, 1.54) is 18.0 Å². The Hall–Kier alpha value is -2.72. The maximum absolute atomic E-state index is 12.3. The second-order valence-electron chi connectivity index (χ2n) is 6.61. The predicted octanol–water partition coefficient (Wildman–Crippen LogP) is 5.64. The molecule has 0 aliphatic rings. The van der Waals surface area contributed by atoms with Crippen LogP contribution >= 0.6 is 50.9 Å². The van der Waals surface area contributed by atoms with Gasteiger partial charge in [0, 0.05) is 38.7 Å². The van der Waals surface area contributed by atoms with Crippen LogP contribution in [-0.4, -0.2) is 37.6 Å². The van der Waals surface area contributed by atoms with E-state index in [1.54, 1.807) is 30.6 Å². The van der Waals surface area contributed by atoms with E-state index >= 15 is 0 Å². The summed E-state index contributed by atoms with van der Waals surface area (Å²) in [5.74, 6) is 0.422. The van der Waals surface area contributed by atoms with Crippen LogP contribution in [0.3, 0.4) is 0 Å². The second-order valence-corrected chi connectivity index (χ2v) is 9.31. The lowest BCUT2D eigenvalue weighted by molar-refractivity contribution is -0.118. The van der Waals surface area contributed by atoms with Gasteiger partial charge in [-0.15, -0.1) is 10.2 Å². The number of nitrogens with one attached hydrogen (secondary N) is 1. The van der Waals surface area contributed by atoms with Gasteiger partial charge in [0.1, 0.15) is 0 Å². The maximum atomic E-state index is 12.3. The summed E-state index contributed by atoms with van der Waals surface area (Å²) in [6.45, 7) is 0. The van der Waals surface area contributed by atoms with Gasteiger partial charge in [0.15, 0.2) is 11.0 Å². The second kappa shape index (κ2) is 10.9. The molecular formula is C22H15BrCl2N6OS. The molecule has 0 bridgehead atoms. The molecule has 11 heteroatoms. The Kier molecular flexibility index (Phi) is 7.77. The third-order valence-corrected chi connectivity index (χ3v) is 6.35. The predicted molar refractivity (Wildman–Crippen MR) is 135 cm³/mol. The molecule has 0 aliphatic heterocycles. The molecule has 0 saturated heterocycles. The number of aromatic nitrogens is 4. The van der Waals surface area contributed by atoms with Gasteiger partial charge in [-0.3, -0.25) is 14.3 Å². The Bertz CT molecular complexity index is 1300. The van der Waals surface area contributed by atoms with E-state index in [-0.39, 0.29) is 11.7 Å². The highest BCUT2D eigenvalue weighted by Gasteiger charge is 2.17. The third kappa shape index (κ3) is 6.00. The fourth-order valence-corrected chi connectivity index (χ4v) is 4.28. The van der Waals surface area contributed by atoms with Gasteiger partial charge in [-0.1, -0.05) is 57.0 Å². The maximum Gasteiger partial charge on any atom is 0.250 e. The fraction of sp³-hybridized carbons (Fsp3) is 0.0455. The number of pyridine rings is 1. The van der Waals surface area contributed by atoms with E-state index in [9.17, 15) is 4.79 Å². The fourth-order valence-electron chi connectivity index (χ4n) is 2.81. The first-order chi connectivity index (χ1) is 16.0. The summed E-state index contributed by atoms with van der Waals surface area (Å²) < 4.78 is 2.84. The number of carbonyl (C=O) groups excluding carboxylic acids is 1. The quantitative estimate of drug-likeness (QED) is 0.179. The van der Waals surface area contributed by atoms with E-state index in [1.807, 2.05) is 41.0 Å². The van der Waals surface area contributed by atoms with Crippen LogP contribution < -0.4 is 5.43 Å². The smallest absolute Gasteiger partial charge is 0.250 e. The number of carbonyl (C=O) groups is 1. The van der Waals surface area contributed by atoms with Gasteiger partial charge in [0.2, 0.25) is 0 Å². The van der Waals surface area contributed by atoms with Gasteiger partial charge in [-0.2, -0.15) is 5.10 Å². The summed E-state index contributed by atoms with van der Waals surface area (Å²) >= 11 is 16.7. The molecule has 33 heavy (non-hydrogen) atoms. The van der Waals surface area contributed by atoms with Gasteiger partial charge >= 0.3 is 0 Å². The lowest BCUT2D eigenvalue weighted by atomic mass is 10.2. The van der Waals surface area contributed by atoms with Gasteiger partial charge in [0.05, 0.1) is 17.0 Å². The van der Waals surface area contributed by atoms with Crippen LogP contribution in [0.25, 0.3) is 17.1 Å². The van der Waals surface area contributed by atoms with Gasteiger partial charge in [-0.25, -0.2) is 5.43 Å². The van der Waals surface area contributed by atoms with E-state index in [4.69, 9.17) is 23.2 Å². The Morgan fingerprint density at radius 3 is 2.70 bits per heavy atom. The Labute approximate surface area is 212 Å². The normalized spacial score (nSPS) is 11.1. The molecular weight excluding hydrogens is 547 g/mol. The first-order valence-corrected chi connectivity index (χ1v) is 12.1. The number of benzene rings is 2. The number of nitrogens with zero attached hydrogens (tertiary/aromatic N) is 5. The molecule has 4 rings (SSSR count). The highest BCUT2D eigenvalue weighted by Crippen LogP contribution is 2.28. The van der Waals surface area contributed by atoms with Crippen molar-refractivity contribution in [2.45, 2.75) is 5.16 Å². The summed E-state index contributed by atoms with van der Waals surface area (Å²) in [4.78, 5) is 16.5. The average molecular weight is 562 g/mol. The zero-order chi connectivity index (χ0) is 23.2. The molecule has 0 saturated carbocycles. The molecule has 0 aliphatic carbocycles. The van der Waals surface area contributed by atoms with Crippen LogP contribution in [0.1, 0.15) is 5.56 Å². The number of halogens is 3. The topological polar surface area (TPSA) is 85.1 Å². The highest BCUT2D eigenvalue weighted by atomic mass is 79.9. The van der Waals surface area contributed by atoms with Crippen molar-refractivity contribution in [3.8, 4) is 17.1 Å². The van der Waals surface area contributed by atoms with Crippen LogP contribution in [0.5, 0.6) is 0 Å². The van der Waals surface area contributed by atoms with Gasteiger partial charge < -0.3 is 0 Å².